The Kier molecular flexibility index (Phi) is 5.17. The van der Waals surface area contributed by atoms with Gasteiger partial charge in [0.1, 0.15) is 5.75 Å². The highest BCUT2D eigenvalue weighted by Crippen LogP contribution is 2.24. The second kappa shape index (κ2) is 6.21. The summed E-state index contributed by atoms with van der Waals surface area (Å²) in [7, 11) is 1.97. The fourth-order valence-corrected chi connectivity index (χ4v) is 1.96. The maximum Gasteiger partial charge on any atom is 0.119 e. The van der Waals surface area contributed by atoms with Gasteiger partial charge >= 0.3 is 0 Å². The predicted molar refractivity (Wildman–Crippen MR) is 76.9 cm³/mol. The van der Waals surface area contributed by atoms with Crippen LogP contribution in [0.1, 0.15) is 45.7 Å². The van der Waals surface area contributed by atoms with Crippen molar-refractivity contribution in [2.75, 3.05) is 7.05 Å². The first kappa shape index (κ1) is 15.0. The molecule has 0 aromatic heterocycles. The van der Waals surface area contributed by atoms with Crippen molar-refractivity contribution < 1.29 is 4.74 Å². The van der Waals surface area contributed by atoms with Gasteiger partial charge in [-0.3, -0.25) is 0 Å². The molecule has 1 unspecified atom stereocenters. The Bertz CT molecular complexity index is 352. The van der Waals surface area contributed by atoms with E-state index >= 15 is 0 Å². The van der Waals surface area contributed by atoms with Gasteiger partial charge in [0.2, 0.25) is 0 Å². The molecule has 1 rings (SSSR count). The molecule has 3 heteroatoms. The second-order valence-electron chi connectivity index (χ2n) is 5.77. The van der Waals surface area contributed by atoms with Crippen molar-refractivity contribution in [3.05, 3.63) is 29.8 Å². The quantitative estimate of drug-likeness (QED) is 0.816. The smallest absolute Gasteiger partial charge is 0.119 e. The zero-order valence-corrected chi connectivity index (χ0v) is 12.2. The summed E-state index contributed by atoms with van der Waals surface area (Å²) in [5.41, 5.74) is 7.14. The third-order valence-corrected chi connectivity index (χ3v) is 2.73. The van der Waals surface area contributed by atoms with Crippen molar-refractivity contribution in [3.63, 3.8) is 0 Å². The first-order chi connectivity index (χ1) is 8.31. The van der Waals surface area contributed by atoms with E-state index in [2.05, 4.69) is 17.4 Å². The standard InChI is InChI=1S/C15H26N2O/c1-11(2)18-13-8-6-12(7-9-13)14(17-5)10-15(3,4)16/h6-9,11,14,17H,10,16H2,1-5H3. The van der Waals surface area contributed by atoms with Crippen LogP contribution in [-0.4, -0.2) is 18.7 Å². The van der Waals surface area contributed by atoms with E-state index < -0.39 is 0 Å². The highest BCUT2D eigenvalue weighted by molar-refractivity contribution is 5.29. The maximum absolute atomic E-state index is 6.08. The SMILES string of the molecule is CNC(CC(C)(C)N)c1ccc(OC(C)C)cc1. The number of benzene rings is 1. The van der Waals surface area contributed by atoms with Crippen molar-refractivity contribution in [1.82, 2.24) is 5.32 Å². The fourth-order valence-electron chi connectivity index (χ4n) is 1.96. The molecule has 0 aliphatic carbocycles. The number of nitrogens with two attached hydrogens (primary N) is 1. The minimum atomic E-state index is -0.180. The van der Waals surface area contributed by atoms with Crippen molar-refractivity contribution in [2.24, 2.45) is 5.73 Å². The van der Waals surface area contributed by atoms with Gasteiger partial charge in [0.05, 0.1) is 6.10 Å². The van der Waals surface area contributed by atoms with Crippen molar-refractivity contribution in [3.8, 4) is 5.75 Å². The Balaban J connectivity index is 2.75. The van der Waals surface area contributed by atoms with E-state index in [1.165, 1.54) is 5.56 Å². The van der Waals surface area contributed by atoms with Crippen molar-refractivity contribution in [1.29, 1.82) is 0 Å². The zero-order chi connectivity index (χ0) is 13.8. The third kappa shape index (κ3) is 5.07. The van der Waals surface area contributed by atoms with Gasteiger partial charge in [0, 0.05) is 11.6 Å². The van der Waals surface area contributed by atoms with Gasteiger partial charge in [-0.2, -0.15) is 0 Å². The van der Waals surface area contributed by atoms with Crippen LogP contribution in [0.15, 0.2) is 24.3 Å². The Morgan fingerprint density at radius 1 is 1.22 bits per heavy atom. The molecule has 0 spiro atoms. The van der Waals surface area contributed by atoms with Gasteiger partial charge in [-0.25, -0.2) is 0 Å². The van der Waals surface area contributed by atoms with Gasteiger partial charge in [0.25, 0.3) is 0 Å². The Morgan fingerprint density at radius 2 is 1.78 bits per heavy atom. The summed E-state index contributed by atoms with van der Waals surface area (Å²) in [6.07, 6.45) is 1.10. The van der Waals surface area contributed by atoms with Gasteiger partial charge in [-0.05, 0) is 58.9 Å². The number of hydrogen-bond donors (Lipinski definition) is 2. The molecule has 0 radical (unpaired) electrons. The van der Waals surface area contributed by atoms with Crippen LogP contribution < -0.4 is 15.8 Å². The highest BCUT2D eigenvalue weighted by Gasteiger charge is 2.19. The largest absolute Gasteiger partial charge is 0.491 e. The second-order valence-corrected chi connectivity index (χ2v) is 5.77. The molecule has 0 bridgehead atoms. The average molecular weight is 250 g/mol. The number of ether oxygens (including phenoxy) is 1. The first-order valence-corrected chi connectivity index (χ1v) is 6.54. The van der Waals surface area contributed by atoms with Gasteiger partial charge < -0.3 is 15.8 Å². The molecule has 0 saturated carbocycles. The molecule has 1 aromatic carbocycles. The van der Waals surface area contributed by atoms with E-state index in [1.807, 2.05) is 46.9 Å². The maximum atomic E-state index is 6.08. The van der Waals surface area contributed by atoms with E-state index in [9.17, 15) is 0 Å². The first-order valence-electron chi connectivity index (χ1n) is 6.54. The van der Waals surface area contributed by atoms with Crippen LogP contribution in [0, 0.1) is 0 Å². The number of nitrogens with one attached hydrogen (secondary N) is 1. The lowest BCUT2D eigenvalue weighted by atomic mass is 9.92. The third-order valence-electron chi connectivity index (χ3n) is 2.73. The zero-order valence-electron chi connectivity index (χ0n) is 12.2. The summed E-state index contributed by atoms with van der Waals surface area (Å²) in [6, 6.07) is 8.51. The molecular weight excluding hydrogens is 224 g/mol. The van der Waals surface area contributed by atoms with Crippen LogP contribution in [0.3, 0.4) is 0 Å². The van der Waals surface area contributed by atoms with E-state index in [4.69, 9.17) is 10.5 Å². The molecule has 0 fully saturated rings. The van der Waals surface area contributed by atoms with Crippen LogP contribution in [0.25, 0.3) is 0 Å². The van der Waals surface area contributed by atoms with Crippen LogP contribution in [0.2, 0.25) is 0 Å². The molecule has 3 N–H and O–H groups in total. The van der Waals surface area contributed by atoms with Crippen LogP contribution in [0.4, 0.5) is 0 Å². The molecule has 0 aliphatic rings. The topological polar surface area (TPSA) is 47.3 Å². The molecule has 3 nitrogen and oxygen atoms in total. The molecule has 18 heavy (non-hydrogen) atoms. The Hall–Kier alpha value is -1.06. The number of rotatable bonds is 6. The summed E-state index contributed by atoms with van der Waals surface area (Å²) in [6.45, 7) is 8.16. The molecule has 0 amide bonds. The van der Waals surface area contributed by atoms with Crippen LogP contribution in [-0.2, 0) is 0 Å². The van der Waals surface area contributed by atoms with Crippen LogP contribution in [0.5, 0.6) is 5.75 Å². The van der Waals surface area contributed by atoms with Crippen molar-refractivity contribution in [2.45, 2.75) is 51.8 Å². The minimum Gasteiger partial charge on any atom is -0.491 e. The normalized spacial score (nSPS) is 13.7. The van der Waals surface area contributed by atoms with E-state index in [-0.39, 0.29) is 17.7 Å². The molecule has 1 atom stereocenters. The monoisotopic (exact) mass is 250 g/mol. The van der Waals surface area contributed by atoms with Gasteiger partial charge in [0.15, 0.2) is 0 Å². The average Bonchev–Trinajstić information content (AvgIpc) is 2.25. The van der Waals surface area contributed by atoms with E-state index in [0.29, 0.717) is 0 Å². The summed E-state index contributed by atoms with van der Waals surface area (Å²) in [5, 5.41) is 3.31. The molecule has 1 aromatic rings. The van der Waals surface area contributed by atoms with E-state index in [0.717, 1.165) is 12.2 Å². The summed E-state index contributed by atoms with van der Waals surface area (Å²) >= 11 is 0. The lowest BCUT2D eigenvalue weighted by molar-refractivity contribution is 0.242. The summed E-state index contributed by atoms with van der Waals surface area (Å²) in [4.78, 5) is 0. The molecule has 0 aliphatic heterocycles. The van der Waals surface area contributed by atoms with Gasteiger partial charge in [-0.15, -0.1) is 0 Å². The highest BCUT2D eigenvalue weighted by atomic mass is 16.5. The summed E-state index contributed by atoms with van der Waals surface area (Å²) in [5.74, 6) is 0.913. The summed E-state index contributed by atoms with van der Waals surface area (Å²) < 4.78 is 5.64. The predicted octanol–water partition coefficient (Wildman–Crippen LogP) is 2.86. The minimum absolute atomic E-state index is 0.180. The fraction of sp³-hybridized carbons (Fsp3) is 0.600. The van der Waals surface area contributed by atoms with E-state index in [1.54, 1.807) is 0 Å². The molecule has 102 valence electrons. The van der Waals surface area contributed by atoms with Gasteiger partial charge in [-0.1, -0.05) is 12.1 Å². The van der Waals surface area contributed by atoms with Crippen LogP contribution >= 0.6 is 0 Å². The van der Waals surface area contributed by atoms with Crippen molar-refractivity contribution >= 4 is 0 Å². The number of hydrogen-bond acceptors (Lipinski definition) is 3. The Labute approximate surface area is 111 Å². The lowest BCUT2D eigenvalue weighted by Gasteiger charge is -2.26. The molecule has 0 saturated heterocycles. The molecule has 0 heterocycles. The lowest BCUT2D eigenvalue weighted by Crippen LogP contribution is -2.36. The molecular formula is C15H26N2O. The Morgan fingerprint density at radius 3 is 2.17 bits per heavy atom.